The lowest BCUT2D eigenvalue weighted by atomic mass is 9.76. The highest BCUT2D eigenvalue weighted by molar-refractivity contribution is 6.67. The summed E-state index contributed by atoms with van der Waals surface area (Å²) < 4.78 is -1.85. The van der Waals surface area contributed by atoms with Crippen LogP contribution in [0.3, 0.4) is 0 Å². The second kappa shape index (κ2) is 37.2. The van der Waals surface area contributed by atoms with E-state index >= 15 is 0 Å². The number of carbonyl (C=O) groups excluding carboxylic acids is 20. The Bertz CT molecular complexity index is 5230. The summed E-state index contributed by atoms with van der Waals surface area (Å²) in [7, 11) is 15.7. The lowest BCUT2D eigenvalue weighted by Gasteiger charge is -2.34. The number of rotatable bonds is 0. The average Bonchev–Trinajstić information content (AvgIpc) is 1.47. The predicted octanol–water partition coefficient (Wildman–Crippen LogP) is 10.0. The van der Waals surface area contributed by atoms with E-state index in [1.54, 1.807) is 63.4 Å². The number of nitrogens with zero attached hydrogens (tertiary/aromatic N) is 10. The maximum Gasteiger partial charge on any atom is 0.235 e. The predicted molar refractivity (Wildman–Crippen MR) is 496 cm³/mol. The van der Waals surface area contributed by atoms with Crippen molar-refractivity contribution in [2.75, 3.05) is 70.5 Å². The molecule has 9 saturated carbocycles. The zero-order chi connectivity index (χ0) is 99.1. The zero-order valence-electron chi connectivity index (χ0n) is 79.4. The summed E-state index contributed by atoms with van der Waals surface area (Å²) in [6.45, 7) is 10.5. The third-order valence-electron chi connectivity index (χ3n) is 36.0. The van der Waals surface area contributed by atoms with Gasteiger partial charge < -0.3 is 0 Å². The minimum Gasteiger partial charge on any atom is -0.285 e. The Labute approximate surface area is 821 Å². The van der Waals surface area contributed by atoms with Crippen molar-refractivity contribution in [1.29, 1.82) is 0 Å². The first-order chi connectivity index (χ1) is 63.9. The molecule has 136 heavy (non-hydrogen) atoms. The molecule has 0 aromatic heterocycles. The summed E-state index contributed by atoms with van der Waals surface area (Å²) in [5.74, 6) is 2.19. The molecule has 0 aromatic rings. The molecule has 36 heteroatoms. The minimum atomic E-state index is -1.85. The molecule has 33 atom stereocenters. The fraction of sp³-hybridized carbons (Fsp3) is 0.680. The van der Waals surface area contributed by atoms with Crippen LogP contribution in [0.5, 0.6) is 0 Å². The molecule has 0 N–H and O–H groups in total. The summed E-state index contributed by atoms with van der Waals surface area (Å²) in [5.41, 5.74) is 2.55. The van der Waals surface area contributed by atoms with Crippen LogP contribution >= 0.6 is 69.6 Å². The standard InChI is InChI=1S/C11H15NO2.C11H13NO2.C10H5Cl6NO2.C10H13NO2.C10H11NO2.C10H15NO2.2C10H13NO2.C9H13NO2.C9H11NO2/c2*1-5-3-6-4-7(5)9-8(6)10(13)12(2)11(9)14;1-17-6(18)2-3(7(17)19)9(14)5(12)4(11)8(2,13)10(9,15)16;2*1-11-9(12)7-5-2-3-6(4-5)8(7)10(11)13;2*1-6-3-4-7-8(5-6)10(13)11(2)9(7)12;1-6-4-3-5-7-8(6)10(13)11(2)9(7)12;2*1-10-8(11)6-4-2-3-5-7(6)9(10)12/h5-9H,3-4H2,1-2H3;3,6-9H,4H2,1-2H3;2-3H,1H3;5-8H,2-4H2,1H3;2-3,5-8H,4H2,1H3;6-8H,3-5H2,1-2H3;3,7-8H,4-5H2,1-2H3;3-4,6-8H,5H2,1-2H3;6-7H,2-5H2,1H3;2-3,6-7H,4-5H2,1H3. The largest absolute Gasteiger partial charge is 0.285 e. The number of hydrogen-bond acceptors (Lipinski definition) is 20. The first-order valence-corrected chi connectivity index (χ1v) is 50.5. The van der Waals surface area contributed by atoms with Gasteiger partial charge in [0.25, 0.3) is 0 Å². The van der Waals surface area contributed by atoms with Crippen LogP contribution in [0.4, 0.5) is 0 Å². The average molecular weight is 2000 g/mol. The van der Waals surface area contributed by atoms with Gasteiger partial charge in [0.2, 0.25) is 118 Å². The molecule has 10 bridgehead atoms. The third kappa shape index (κ3) is 15.6. The zero-order valence-corrected chi connectivity index (χ0v) is 83.9. The molecule has 734 valence electrons. The van der Waals surface area contributed by atoms with Gasteiger partial charge in [-0.25, -0.2) is 0 Å². The fourth-order valence-electron chi connectivity index (χ4n) is 28.5. The third-order valence-corrected chi connectivity index (χ3v) is 40.2. The van der Waals surface area contributed by atoms with Gasteiger partial charge in [0, 0.05) is 70.5 Å². The van der Waals surface area contributed by atoms with Crippen molar-refractivity contribution in [1.82, 2.24) is 49.0 Å². The first kappa shape index (κ1) is 101. The molecule has 15 aliphatic carbocycles. The second-order valence-electron chi connectivity index (χ2n) is 42.9. The number of carbonyl (C=O) groups is 20. The molecule has 25 aliphatic rings. The van der Waals surface area contributed by atoms with Gasteiger partial charge in [-0.1, -0.05) is 140 Å². The number of allylic oxidation sites excluding steroid dienone is 12. The fourth-order valence-corrected chi connectivity index (χ4v) is 31.4. The molecule has 33 unspecified atom stereocenters. The Morgan fingerprint density at radius 1 is 0.294 bits per heavy atom. The number of fused-ring (bicyclic) bond motifs is 30. The van der Waals surface area contributed by atoms with E-state index in [0.717, 1.165) is 114 Å². The molecule has 0 aromatic carbocycles. The SMILES string of the molecule is CC1=CC2CC1C1C(=O)N(C)C(=O)C21.CC1=CCC2C(=O)N(C)C(=O)C2C1.CC1C=CCC2C(=O)N(C)C(=O)C12.CC1CC2CC1C1C(=O)N(C)C(=O)C21.CC1CCC2C(=O)N(C)C(=O)C2C1.CN1C(=O)C2C(C1=O)C1(Cl)C(Cl)=C(Cl)C2(Cl)C1(Cl)Cl.CN1C(=O)C2C3C=CC(C3)C2C1=O.CN1C(=O)C2C3CCC(C3)C2C1=O.CN1C(=O)C2CC=CCC2C1=O.CN1C(=O)C2CCCCC2C1=O. The van der Waals surface area contributed by atoms with E-state index in [4.69, 9.17) is 69.6 Å². The molecular weight excluding hydrogens is 1870 g/mol. The highest BCUT2D eigenvalue weighted by Crippen LogP contribution is 2.78. The molecule has 0 spiro atoms. The van der Waals surface area contributed by atoms with E-state index in [2.05, 4.69) is 45.1 Å². The molecular formula is C100H122Cl6N10O20. The van der Waals surface area contributed by atoms with Crippen molar-refractivity contribution in [2.24, 2.45) is 183 Å². The molecule has 10 aliphatic heterocycles. The highest BCUT2D eigenvalue weighted by atomic mass is 35.5. The summed E-state index contributed by atoms with van der Waals surface area (Å²) >= 11 is 37.5. The van der Waals surface area contributed by atoms with E-state index in [1.165, 1.54) is 75.1 Å². The van der Waals surface area contributed by atoms with Gasteiger partial charge in [0.1, 0.15) is 9.75 Å². The van der Waals surface area contributed by atoms with Gasteiger partial charge in [-0.3, -0.25) is 145 Å². The molecule has 10 saturated heterocycles. The Morgan fingerprint density at radius 3 is 1.12 bits per heavy atom. The number of hydrogen-bond donors (Lipinski definition) is 0. The number of likely N-dealkylation sites (tertiary alicyclic amines) is 10. The lowest BCUT2D eigenvalue weighted by molar-refractivity contribution is -0.140. The molecule has 19 fully saturated rings. The van der Waals surface area contributed by atoms with Crippen molar-refractivity contribution < 1.29 is 95.9 Å². The van der Waals surface area contributed by atoms with Crippen LogP contribution in [0.15, 0.2) is 69.8 Å². The molecule has 25 rings (SSSR count). The number of alkyl halides is 4. The van der Waals surface area contributed by atoms with E-state index in [9.17, 15) is 95.9 Å². The Hall–Kier alpha value is -8.42. The molecule has 20 amide bonds. The van der Waals surface area contributed by atoms with Gasteiger partial charge in [-0.15, -0.1) is 23.2 Å². The molecule has 10 heterocycles. The lowest BCUT2D eigenvalue weighted by Crippen LogP contribution is -2.49. The highest BCUT2D eigenvalue weighted by Gasteiger charge is 2.87. The molecule has 30 nitrogen and oxygen atoms in total. The second-order valence-corrected chi connectivity index (χ2v) is 46.1. The monoisotopic (exact) mass is 1990 g/mol. The number of imide groups is 10. The summed E-state index contributed by atoms with van der Waals surface area (Å²) in [4.78, 5) is 243. The van der Waals surface area contributed by atoms with Crippen LogP contribution in [-0.4, -0.2) is 252 Å². The van der Waals surface area contributed by atoms with E-state index in [-0.39, 0.29) is 229 Å². The van der Waals surface area contributed by atoms with Gasteiger partial charge >= 0.3 is 0 Å². The summed E-state index contributed by atoms with van der Waals surface area (Å²) in [5, 5.41) is -0.151. The van der Waals surface area contributed by atoms with E-state index < -0.39 is 37.7 Å². The van der Waals surface area contributed by atoms with Crippen molar-refractivity contribution in [3.63, 3.8) is 0 Å². The van der Waals surface area contributed by atoms with Crippen LogP contribution in [-0.2, 0) is 95.9 Å². The normalized spacial score (nSPS) is 42.2. The Balaban J connectivity index is 0.000000110. The maximum atomic E-state index is 12.2. The van der Waals surface area contributed by atoms with Crippen molar-refractivity contribution in [2.45, 2.75) is 171 Å². The van der Waals surface area contributed by atoms with Crippen LogP contribution in [0.2, 0.25) is 0 Å². The van der Waals surface area contributed by atoms with E-state index in [0.29, 0.717) is 59.2 Å². The maximum absolute atomic E-state index is 12.2. The number of halogens is 6. The Kier molecular flexibility index (Phi) is 27.5. The Morgan fingerprint density at radius 2 is 0.654 bits per heavy atom. The van der Waals surface area contributed by atoms with Crippen LogP contribution < -0.4 is 0 Å². The van der Waals surface area contributed by atoms with Gasteiger partial charge in [-0.05, 0) is 188 Å². The van der Waals surface area contributed by atoms with E-state index in [1.807, 2.05) is 38.2 Å². The van der Waals surface area contributed by atoms with Crippen LogP contribution in [0.25, 0.3) is 0 Å². The van der Waals surface area contributed by atoms with Gasteiger partial charge in [0.15, 0.2) is 4.33 Å². The summed E-state index contributed by atoms with van der Waals surface area (Å²) in [6.07, 6.45) is 34.9. The van der Waals surface area contributed by atoms with Gasteiger partial charge in [0.05, 0.1) is 128 Å². The first-order valence-electron chi connectivity index (χ1n) is 48.2. The molecule has 0 radical (unpaired) electrons. The van der Waals surface area contributed by atoms with Crippen molar-refractivity contribution in [3.05, 3.63) is 69.8 Å². The number of amides is 20. The summed E-state index contributed by atoms with van der Waals surface area (Å²) in [6, 6.07) is 0. The van der Waals surface area contributed by atoms with Crippen LogP contribution in [0.1, 0.15) is 157 Å². The van der Waals surface area contributed by atoms with Crippen LogP contribution in [0, 0.1) is 183 Å². The van der Waals surface area contributed by atoms with Crippen molar-refractivity contribution >= 4 is 188 Å². The van der Waals surface area contributed by atoms with Crippen molar-refractivity contribution in [3.8, 4) is 0 Å². The van der Waals surface area contributed by atoms with Gasteiger partial charge in [-0.2, -0.15) is 0 Å². The smallest absolute Gasteiger partial charge is 0.235 e. The topological polar surface area (TPSA) is 374 Å². The minimum absolute atomic E-state index is 0.00116. The quantitative estimate of drug-likeness (QED) is 0.124.